The zero-order valence-corrected chi connectivity index (χ0v) is 27.7. The van der Waals surface area contributed by atoms with Crippen LogP contribution in [0.4, 0.5) is 9.59 Å². The molecule has 0 radical (unpaired) electrons. The lowest BCUT2D eigenvalue weighted by Gasteiger charge is -2.38. The summed E-state index contributed by atoms with van der Waals surface area (Å²) in [5, 5.41) is 10.7. The molecule has 0 spiro atoms. The van der Waals surface area contributed by atoms with Crippen molar-refractivity contribution in [3.8, 4) is 0 Å². The Bertz CT molecular complexity index is 1010. The third-order valence-electron chi connectivity index (χ3n) is 7.94. The molecule has 3 heterocycles. The van der Waals surface area contributed by atoms with E-state index in [9.17, 15) is 19.2 Å². The van der Waals surface area contributed by atoms with Crippen LogP contribution in [-0.2, 0) is 28.5 Å². The maximum absolute atomic E-state index is 12.5. The lowest BCUT2D eigenvalue weighted by molar-refractivity contribution is -0.157. The lowest BCUT2D eigenvalue weighted by Crippen LogP contribution is -2.54. The van der Waals surface area contributed by atoms with Crippen LogP contribution in [0.2, 0.25) is 0 Å². The second-order valence-electron chi connectivity index (χ2n) is 12.6. The van der Waals surface area contributed by atoms with Crippen molar-refractivity contribution < 1.29 is 38.1 Å². The van der Waals surface area contributed by atoms with Gasteiger partial charge in [0.2, 0.25) is 5.96 Å². The predicted octanol–water partition coefficient (Wildman–Crippen LogP) is 1.17. The number of ether oxygens (including phenoxy) is 4. The van der Waals surface area contributed by atoms with E-state index in [-0.39, 0.29) is 37.8 Å². The second-order valence-corrected chi connectivity index (χ2v) is 12.6. The largest absolute Gasteiger partial charge is 0.466 e. The zero-order chi connectivity index (χ0) is 33.0. The monoisotopic (exact) mass is 639 g/mol. The normalized spacial score (nSPS) is 20.8. The summed E-state index contributed by atoms with van der Waals surface area (Å²) in [4.78, 5) is 59.2. The molecular weight excluding hydrogens is 586 g/mol. The standard InChI is InChI=1S/C30H53N7O8/c1-6-42-25(38)20-24(26(39)43-7-2)35-16-14-34(15-17-35)21-23-22-37(29(41)44-23)11-9-8-10-33-12-18-36(19-13-33)27(31)32-28(40)45-30(3,4)5/h23-24H,6-22H2,1-5H3,(H2,31,32,40). The molecule has 0 aromatic carbocycles. The van der Waals surface area contributed by atoms with Crippen molar-refractivity contribution in [2.45, 2.75) is 71.6 Å². The summed E-state index contributed by atoms with van der Waals surface area (Å²) in [6.45, 7) is 17.6. The number of cyclic esters (lactones) is 1. The van der Waals surface area contributed by atoms with Gasteiger partial charge in [0.15, 0.2) is 0 Å². The number of hydrogen-bond acceptors (Lipinski definition) is 12. The highest BCUT2D eigenvalue weighted by Gasteiger charge is 2.36. The number of piperazine rings is 2. The third kappa shape index (κ3) is 12.3. The summed E-state index contributed by atoms with van der Waals surface area (Å²) in [5.41, 5.74) is -0.613. The summed E-state index contributed by atoms with van der Waals surface area (Å²) < 4.78 is 21.2. The summed E-state index contributed by atoms with van der Waals surface area (Å²) in [7, 11) is 0. The minimum absolute atomic E-state index is 0.0316. The maximum Gasteiger partial charge on any atom is 0.414 e. The molecule has 3 saturated heterocycles. The fourth-order valence-corrected chi connectivity index (χ4v) is 5.69. The maximum atomic E-state index is 12.5. The third-order valence-corrected chi connectivity index (χ3v) is 7.94. The quantitative estimate of drug-likeness (QED) is 0.0976. The topological polar surface area (TPSA) is 157 Å². The number of esters is 2. The SMILES string of the molecule is CCOC(=O)CC(C(=O)OCC)N1CCN(CC2CN(CCCCN3CCN(C(=N)NC(=O)OC(C)(C)C)CC3)C(=O)O2)CC1. The van der Waals surface area contributed by atoms with Crippen LogP contribution in [0.5, 0.6) is 0 Å². The fourth-order valence-electron chi connectivity index (χ4n) is 5.69. The number of unbranched alkanes of at least 4 members (excludes halogenated alkanes) is 1. The van der Waals surface area contributed by atoms with Gasteiger partial charge < -0.3 is 28.7 Å². The Morgan fingerprint density at radius 1 is 0.933 bits per heavy atom. The minimum Gasteiger partial charge on any atom is -0.466 e. The molecule has 2 N–H and O–H groups in total. The molecule has 0 aromatic rings. The van der Waals surface area contributed by atoms with Crippen molar-refractivity contribution in [3.63, 3.8) is 0 Å². The first kappa shape index (κ1) is 36.3. The summed E-state index contributed by atoms with van der Waals surface area (Å²) in [6.07, 6.45) is 0.675. The number of rotatable bonds is 13. The molecule has 0 saturated carbocycles. The number of guanidine groups is 1. The Morgan fingerprint density at radius 3 is 2.18 bits per heavy atom. The Hall–Kier alpha value is -3.17. The van der Waals surface area contributed by atoms with E-state index in [1.165, 1.54) is 0 Å². The fraction of sp³-hybridized carbons (Fsp3) is 0.833. The van der Waals surface area contributed by atoms with Crippen LogP contribution in [-0.4, -0.2) is 164 Å². The molecule has 3 fully saturated rings. The molecule has 2 amide bonds. The van der Waals surface area contributed by atoms with Crippen molar-refractivity contribution >= 4 is 30.1 Å². The van der Waals surface area contributed by atoms with Crippen LogP contribution in [0, 0.1) is 5.41 Å². The molecule has 45 heavy (non-hydrogen) atoms. The molecule has 0 bridgehead atoms. The van der Waals surface area contributed by atoms with Gasteiger partial charge >= 0.3 is 24.1 Å². The molecule has 0 aliphatic carbocycles. The Morgan fingerprint density at radius 2 is 1.56 bits per heavy atom. The number of carbonyl (C=O) groups is 4. The highest BCUT2D eigenvalue weighted by atomic mass is 16.6. The van der Waals surface area contributed by atoms with Gasteiger partial charge in [0.1, 0.15) is 17.7 Å². The highest BCUT2D eigenvalue weighted by Crippen LogP contribution is 2.17. The van der Waals surface area contributed by atoms with Crippen molar-refractivity contribution in [1.82, 2.24) is 29.8 Å². The highest BCUT2D eigenvalue weighted by molar-refractivity contribution is 5.92. The molecule has 3 aliphatic heterocycles. The van der Waals surface area contributed by atoms with Gasteiger partial charge in [-0.2, -0.15) is 0 Å². The first-order valence-electron chi connectivity index (χ1n) is 16.2. The van der Waals surface area contributed by atoms with Gasteiger partial charge in [-0.25, -0.2) is 9.59 Å². The molecule has 2 unspecified atom stereocenters. The zero-order valence-electron chi connectivity index (χ0n) is 27.7. The molecular formula is C30H53N7O8. The van der Waals surface area contributed by atoms with E-state index in [1.807, 2.05) is 9.80 Å². The lowest BCUT2D eigenvalue weighted by atomic mass is 10.1. The van der Waals surface area contributed by atoms with Crippen LogP contribution in [0.1, 0.15) is 53.9 Å². The van der Waals surface area contributed by atoms with E-state index < -0.39 is 29.7 Å². The Kier molecular flexibility index (Phi) is 14.1. The van der Waals surface area contributed by atoms with E-state index in [2.05, 4.69) is 15.1 Å². The molecule has 3 rings (SSSR count). The molecule has 15 nitrogen and oxygen atoms in total. The van der Waals surface area contributed by atoms with Crippen LogP contribution in [0.15, 0.2) is 0 Å². The average Bonchev–Trinajstić information content (AvgIpc) is 3.32. The molecule has 15 heteroatoms. The summed E-state index contributed by atoms with van der Waals surface area (Å²) in [6, 6.07) is -0.663. The number of nitrogens with one attached hydrogen (secondary N) is 2. The van der Waals surface area contributed by atoms with E-state index in [0.717, 1.165) is 32.5 Å². The van der Waals surface area contributed by atoms with Crippen LogP contribution < -0.4 is 5.32 Å². The number of amides is 2. The predicted molar refractivity (Wildman–Crippen MR) is 166 cm³/mol. The Balaban J connectivity index is 1.31. The first-order chi connectivity index (χ1) is 21.4. The first-order valence-corrected chi connectivity index (χ1v) is 16.2. The van der Waals surface area contributed by atoms with Crippen LogP contribution >= 0.6 is 0 Å². The minimum atomic E-state index is -0.663. The van der Waals surface area contributed by atoms with Crippen LogP contribution in [0.25, 0.3) is 0 Å². The van der Waals surface area contributed by atoms with Gasteiger partial charge in [0, 0.05) is 65.4 Å². The molecule has 3 aliphatic rings. The van der Waals surface area contributed by atoms with Gasteiger partial charge in [0.05, 0.1) is 26.2 Å². The van der Waals surface area contributed by atoms with Crippen molar-refractivity contribution in [2.24, 2.45) is 0 Å². The van der Waals surface area contributed by atoms with Gasteiger partial charge in [-0.3, -0.25) is 35.0 Å². The Labute approximate surface area is 266 Å². The van der Waals surface area contributed by atoms with Crippen LogP contribution in [0.3, 0.4) is 0 Å². The smallest absolute Gasteiger partial charge is 0.414 e. The van der Waals surface area contributed by atoms with Crippen molar-refractivity contribution in [2.75, 3.05) is 91.8 Å². The van der Waals surface area contributed by atoms with Gasteiger partial charge in [0.25, 0.3) is 0 Å². The van der Waals surface area contributed by atoms with E-state index in [0.29, 0.717) is 58.9 Å². The summed E-state index contributed by atoms with van der Waals surface area (Å²) >= 11 is 0. The molecule has 0 aromatic heterocycles. The summed E-state index contributed by atoms with van der Waals surface area (Å²) in [5.74, 6) is -0.762. The molecule has 256 valence electrons. The van der Waals surface area contributed by atoms with Crippen molar-refractivity contribution in [3.05, 3.63) is 0 Å². The molecule has 2 atom stereocenters. The number of carbonyl (C=O) groups excluding carboxylic acids is 4. The van der Waals surface area contributed by atoms with Gasteiger partial charge in [-0.05, 0) is 54.0 Å². The van der Waals surface area contributed by atoms with Crippen molar-refractivity contribution in [1.29, 1.82) is 5.41 Å². The number of nitrogens with zero attached hydrogens (tertiary/aromatic N) is 5. The average molecular weight is 640 g/mol. The van der Waals surface area contributed by atoms with Gasteiger partial charge in [-0.15, -0.1) is 0 Å². The second kappa shape index (κ2) is 17.5. The number of alkyl carbamates (subject to hydrolysis) is 1. The van der Waals surface area contributed by atoms with E-state index in [1.54, 1.807) is 39.5 Å². The number of hydrogen-bond donors (Lipinski definition) is 2. The van der Waals surface area contributed by atoms with E-state index in [4.69, 9.17) is 24.4 Å². The van der Waals surface area contributed by atoms with Gasteiger partial charge in [-0.1, -0.05) is 0 Å². The van der Waals surface area contributed by atoms with E-state index >= 15 is 0 Å².